The number of urea groups is 1. The lowest BCUT2D eigenvalue weighted by atomic mass is 9.98. The first-order valence-electron chi connectivity index (χ1n) is 10.3. The molecular formula is C25H25N3O3. The highest BCUT2D eigenvalue weighted by atomic mass is 16.5. The van der Waals surface area contributed by atoms with Crippen LogP contribution in [-0.2, 0) is 0 Å². The number of amides is 3. The number of carbonyl (C=O) groups excluding carboxylic acids is 2. The standard InChI is InChI=1S/C25H25N3O3/c1-31-22-15-9-18(10-16-22)23(17-5-3-2-4-6-17)28-24(29)19-7-11-20(12-8-19)26-25(30)27-21-13-14-21/h2-12,15-16,21,23H,13-14H2,1H3,(H,28,29)(H2,26,27,30). The second kappa shape index (κ2) is 9.34. The highest BCUT2D eigenvalue weighted by Crippen LogP contribution is 2.25. The Hall–Kier alpha value is -3.80. The number of rotatable bonds is 7. The van der Waals surface area contributed by atoms with Crippen LogP contribution in [-0.4, -0.2) is 25.1 Å². The number of hydrogen-bond acceptors (Lipinski definition) is 3. The van der Waals surface area contributed by atoms with Crippen LogP contribution in [0.2, 0.25) is 0 Å². The van der Waals surface area contributed by atoms with Crippen molar-refractivity contribution in [3.05, 3.63) is 95.6 Å². The van der Waals surface area contributed by atoms with Crippen molar-refractivity contribution < 1.29 is 14.3 Å². The van der Waals surface area contributed by atoms with Crippen LogP contribution in [0.4, 0.5) is 10.5 Å². The summed E-state index contributed by atoms with van der Waals surface area (Å²) in [5, 5.41) is 8.78. The lowest BCUT2D eigenvalue weighted by Crippen LogP contribution is -2.30. The fourth-order valence-electron chi connectivity index (χ4n) is 3.30. The molecular weight excluding hydrogens is 390 g/mol. The number of carbonyl (C=O) groups is 2. The van der Waals surface area contributed by atoms with Crippen molar-refractivity contribution in [1.29, 1.82) is 0 Å². The molecule has 1 aliphatic rings. The highest BCUT2D eigenvalue weighted by molar-refractivity contribution is 5.96. The van der Waals surface area contributed by atoms with Crippen molar-refractivity contribution in [1.82, 2.24) is 10.6 Å². The topological polar surface area (TPSA) is 79.5 Å². The predicted molar refractivity (Wildman–Crippen MR) is 120 cm³/mol. The maximum Gasteiger partial charge on any atom is 0.319 e. The molecule has 31 heavy (non-hydrogen) atoms. The Morgan fingerprint density at radius 2 is 1.52 bits per heavy atom. The third kappa shape index (κ3) is 5.42. The fourth-order valence-corrected chi connectivity index (χ4v) is 3.30. The van der Waals surface area contributed by atoms with Crippen LogP contribution in [0.5, 0.6) is 5.75 Å². The van der Waals surface area contributed by atoms with E-state index in [0.29, 0.717) is 11.3 Å². The van der Waals surface area contributed by atoms with Crippen LogP contribution in [0, 0.1) is 0 Å². The fraction of sp³-hybridized carbons (Fsp3) is 0.200. The minimum absolute atomic E-state index is 0.196. The molecule has 3 N–H and O–H groups in total. The van der Waals surface area contributed by atoms with E-state index in [1.54, 1.807) is 31.4 Å². The number of ether oxygens (including phenoxy) is 1. The van der Waals surface area contributed by atoms with Crippen molar-refractivity contribution in [2.45, 2.75) is 24.9 Å². The molecule has 3 amide bonds. The van der Waals surface area contributed by atoms with E-state index in [1.807, 2.05) is 54.6 Å². The molecule has 3 aromatic rings. The monoisotopic (exact) mass is 415 g/mol. The third-order valence-corrected chi connectivity index (χ3v) is 5.17. The Labute approximate surface area is 181 Å². The summed E-state index contributed by atoms with van der Waals surface area (Å²) in [5.41, 5.74) is 3.10. The zero-order valence-electron chi connectivity index (χ0n) is 17.3. The summed E-state index contributed by atoms with van der Waals surface area (Å²) in [7, 11) is 1.62. The van der Waals surface area contributed by atoms with E-state index in [2.05, 4.69) is 16.0 Å². The first-order valence-corrected chi connectivity index (χ1v) is 10.3. The van der Waals surface area contributed by atoms with E-state index in [4.69, 9.17) is 4.74 Å². The van der Waals surface area contributed by atoms with Gasteiger partial charge in [0.25, 0.3) is 5.91 Å². The summed E-state index contributed by atoms with van der Waals surface area (Å²) < 4.78 is 5.25. The minimum Gasteiger partial charge on any atom is -0.497 e. The van der Waals surface area contributed by atoms with Gasteiger partial charge >= 0.3 is 6.03 Å². The molecule has 0 bridgehead atoms. The second-order valence-corrected chi connectivity index (χ2v) is 7.54. The van der Waals surface area contributed by atoms with Crippen LogP contribution in [0.3, 0.4) is 0 Å². The molecule has 158 valence electrons. The highest BCUT2D eigenvalue weighted by Gasteiger charge is 2.23. The van der Waals surface area contributed by atoms with Gasteiger partial charge in [0.2, 0.25) is 0 Å². The number of methoxy groups -OCH3 is 1. The Morgan fingerprint density at radius 3 is 2.13 bits per heavy atom. The average molecular weight is 415 g/mol. The van der Waals surface area contributed by atoms with Gasteiger partial charge in [-0.2, -0.15) is 0 Å². The molecule has 0 saturated heterocycles. The lowest BCUT2D eigenvalue weighted by molar-refractivity contribution is 0.0943. The number of anilines is 1. The normalized spacial score (nSPS) is 13.7. The summed E-state index contributed by atoms with van der Waals surface area (Å²) in [6.45, 7) is 0. The van der Waals surface area contributed by atoms with Gasteiger partial charge in [0, 0.05) is 17.3 Å². The summed E-state index contributed by atoms with van der Waals surface area (Å²) >= 11 is 0. The molecule has 1 atom stereocenters. The molecule has 6 heteroatoms. The maximum atomic E-state index is 13.0. The molecule has 0 aliphatic heterocycles. The van der Waals surface area contributed by atoms with Crippen LogP contribution in [0.15, 0.2) is 78.9 Å². The first-order chi connectivity index (χ1) is 15.1. The van der Waals surface area contributed by atoms with Gasteiger partial charge in [-0.1, -0.05) is 42.5 Å². The molecule has 0 heterocycles. The van der Waals surface area contributed by atoms with Crippen LogP contribution in [0.1, 0.15) is 40.4 Å². The quantitative estimate of drug-likeness (QED) is 0.532. The molecule has 0 spiro atoms. The Kier molecular flexibility index (Phi) is 6.17. The second-order valence-electron chi connectivity index (χ2n) is 7.54. The maximum absolute atomic E-state index is 13.0. The van der Waals surface area contributed by atoms with E-state index >= 15 is 0 Å². The SMILES string of the molecule is COc1ccc(C(NC(=O)c2ccc(NC(=O)NC3CC3)cc2)c2ccccc2)cc1. The van der Waals surface area contributed by atoms with E-state index in [0.717, 1.165) is 29.7 Å². The van der Waals surface area contributed by atoms with Gasteiger partial charge in [0.1, 0.15) is 5.75 Å². The van der Waals surface area contributed by atoms with Gasteiger partial charge in [-0.25, -0.2) is 4.79 Å². The van der Waals surface area contributed by atoms with Crippen molar-refractivity contribution in [2.75, 3.05) is 12.4 Å². The average Bonchev–Trinajstić information content (AvgIpc) is 3.62. The van der Waals surface area contributed by atoms with E-state index in [1.165, 1.54) is 0 Å². The molecule has 3 aromatic carbocycles. The summed E-state index contributed by atoms with van der Waals surface area (Å²) in [6, 6.07) is 24.1. The van der Waals surface area contributed by atoms with Crippen LogP contribution >= 0.6 is 0 Å². The van der Waals surface area contributed by atoms with Crippen LogP contribution in [0.25, 0.3) is 0 Å². The zero-order chi connectivity index (χ0) is 21.6. The molecule has 0 radical (unpaired) electrons. The van der Waals surface area contributed by atoms with Gasteiger partial charge in [-0.3, -0.25) is 4.79 Å². The van der Waals surface area contributed by atoms with Gasteiger partial charge in [0.15, 0.2) is 0 Å². The zero-order valence-corrected chi connectivity index (χ0v) is 17.3. The van der Waals surface area contributed by atoms with Gasteiger partial charge in [-0.05, 0) is 60.4 Å². The third-order valence-electron chi connectivity index (χ3n) is 5.17. The van der Waals surface area contributed by atoms with E-state index in [9.17, 15) is 9.59 Å². The predicted octanol–water partition coefficient (Wildman–Crippen LogP) is 4.50. The molecule has 1 aliphatic carbocycles. The molecule has 6 nitrogen and oxygen atoms in total. The molecule has 1 unspecified atom stereocenters. The first kappa shape index (κ1) is 20.5. The Morgan fingerprint density at radius 1 is 0.871 bits per heavy atom. The Balaban J connectivity index is 1.48. The smallest absolute Gasteiger partial charge is 0.319 e. The summed E-state index contributed by atoms with van der Waals surface area (Å²) in [6.07, 6.45) is 2.06. The molecule has 1 fully saturated rings. The summed E-state index contributed by atoms with van der Waals surface area (Å²) in [5.74, 6) is 0.564. The van der Waals surface area contributed by atoms with Crippen molar-refractivity contribution >= 4 is 17.6 Å². The van der Waals surface area contributed by atoms with Gasteiger partial charge in [0.05, 0.1) is 13.2 Å². The van der Waals surface area contributed by atoms with Gasteiger partial charge < -0.3 is 20.7 Å². The lowest BCUT2D eigenvalue weighted by Gasteiger charge is -2.20. The van der Waals surface area contributed by atoms with Gasteiger partial charge in [-0.15, -0.1) is 0 Å². The molecule has 0 aromatic heterocycles. The minimum atomic E-state index is -0.304. The van der Waals surface area contributed by atoms with Crippen LogP contribution < -0.4 is 20.7 Å². The Bertz CT molecular complexity index is 1030. The van der Waals surface area contributed by atoms with Crippen molar-refractivity contribution in [3.63, 3.8) is 0 Å². The molecule has 1 saturated carbocycles. The van der Waals surface area contributed by atoms with E-state index < -0.39 is 0 Å². The molecule has 4 rings (SSSR count). The number of benzene rings is 3. The number of hydrogen-bond donors (Lipinski definition) is 3. The number of nitrogens with one attached hydrogen (secondary N) is 3. The van der Waals surface area contributed by atoms with Crippen molar-refractivity contribution in [3.8, 4) is 5.75 Å². The van der Waals surface area contributed by atoms with E-state index in [-0.39, 0.29) is 24.0 Å². The van der Waals surface area contributed by atoms with Crippen molar-refractivity contribution in [2.24, 2.45) is 0 Å². The largest absolute Gasteiger partial charge is 0.497 e. The summed E-state index contributed by atoms with van der Waals surface area (Å²) in [4.78, 5) is 24.9.